The normalized spacial score (nSPS) is 33.9. The van der Waals surface area contributed by atoms with Crippen LogP contribution in [0.3, 0.4) is 0 Å². The Morgan fingerprint density at radius 1 is 1.31 bits per heavy atom. The maximum atomic E-state index is 3.75. The molecule has 94 valence electrons. The lowest BCUT2D eigenvalue weighted by atomic mass is 9.93. The Hall–Kier alpha value is -0.0800. The van der Waals surface area contributed by atoms with Crippen molar-refractivity contribution in [1.29, 1.82) is 0 Å². The molecule has 2 rings (SSSR count). The molecule has 3 atom stereocenters. The van der Waals surface area contributed by atoms with Crippen LogP contribution in [-0.2, 0) is 0 Å². The molecule has 1 N–H and O–H groups in total. The van der Waals surface area contributed by atoms with Gasteiger partial charge in [-0.25, -0.2) is 0 Å². The molecule has 0 spiro atoms. The van der Waals surface area contributed by atoms with Crippen LogP contribution in [0.5, 0.6) is 0 Å². The predicted octanol–water partition coefficient (Wildman–Crippen LogP) is 2.35. The number of nitrogens with one attached hydrogen (secondary N) is 1. The van der Waals surface area contributed by atoms with Crippen LogP contribution < -0.4 is 5.32 Å². The number of fused-ring (bicyclic) bond motifs is 1. The molecule has 1 aliphatic heterocycles. The molecule has 1 saturated heterocycles. The van der Waals surface area contributed by atoms with Crippen molar-refractivity contribution in [3.05, 3.63) is 0 Å². The fourth-order valence-electron chi connectivity index (χ4n) is 3.63. The van der Waals surface area contributed by atoms with Gasteiger partial charge in [-0.05, 0) is 43.7 Å². The van der Waals surface area contributed by atoms with E-state index in [1.54, 1.807) is 0 Å². The van der Waals surface area contributed by atoms with Crippen LogP contribution >= 0.6 is 0 Å². The van der Waals surface area contributed by atoms with Crippen molar-refractivity contribution in [2.45, 2.75) is 46.1 Å². The molecule has 1 aliphatic carbocycles. The summed E-state index contributed by atoms with van der Waals surface area (Å²) in [4.78, 5) is 2.63. The van der Waals surface area contributed by atoms with E-state index in [0.717, 1.165) is 23.8 Å². The fourth-order valence-corrected chi connectivity index (χ4v) is 3.63. The van der Waals surface area contributed by atoms with Gasteiger partial charge in [0.1, 0.15) is 0 Å². The van der Waals surface area contributed by atoms with Crippen molar-refractivity contribution in [2.75, 3.05) is 26.2 Å². The van der Waals surface area contributed by atoms with E-state index in [1.807, 2.05) is 0 Å². The second kappa shape index (κ2) is 5.50. The molecule has 0 amide bonds. The first-order valence-electron chi connectivity index (χ1n) is 7.16. The zero-order valence-electron chi connectivity index (χ0n) is 11.2. The first-order chi connectivity index (χ1) is 7.70. The monoisotopic (exact) mass is 224 g/mol. The highest BCUT2D eigenvalue weighted by molar-refractivity contribution is 4.95. The van der Waals surface area contributed by atoms with Crippen molar-refractivity contribution in [1.82, 2.24) is 10.2 Å². The fraction of sp³-hybridized carbons (Fsp3) is 1.00. The van der Waals surface area contributed by atoms with Gasteiger partial charge in [-0.15, -0.1) is 0 Å². The Morgan fingerprint density at radius 3 is 2.81 bits per heavy atom. The van der Waals surface area contributed by atoms with Crippen LogP contribution in [0.2, 0.25) is 0 Å². The summed E-state index contributed by atoms with van der Waals surface area (Å²) in [6.45, 7) is 12.0. The zero-order valence-corrected chi connectivity index (χ0v) is 11.2. The predicted molar refractivity (Wildman–Crippen MR) is 69.6 cm³/mol. The van der Waals surface area contributed by atoms with Crippen molar-refractivity contribution in [2.24, 2.45) is 17.8 Å². The summed E-state index contributed by atoms with van der Waals surface area (Å²) in [6, 6.07) is 0.784. The molecule has 1 heterocycles. The van der Waals surface area contributed by atoms with Crippen LogP contribution in [0.15, 0.2) is 0 Å². The van der Waals surface area contributed by atoms with E-state index < -0.39 is 0 Å². The second-order valence-corrected chi connectivity index (χ2v) is 6.12. The molecule has 1 saturated carbocycles. The minimum absolute atomic E-state index is 0.784. The Balaban J connectivity index is 1.83. The SMILES string of the molecule is CCN(CC(C)C)CC1NCC2CCCC21. The second-order valence-electron chi connectivity index (χ2n) is 6.12. The molecule has 0 bridgehead atoms. The molecule has 0 aromatic rings. The Bertz CT molecular complexity index is 215. The van der Waals surface area contributed by atoms with Gasteiger partial charge in [-0.2, -0.15) is 0 Å². The Morgan fingerprint density at radius 2 is 2.12 bits per heavy atom. The topological polar surface area (TPSA) is 15.3 Å². The number of hydrogen-bond donors (Lipinski definition) is 1. The summed E-state index contributed by atoms with van der Waals surface area (Å²) in [5.74, 6) is 2.78. The summed E-state index contributed by atoms with van der Waals surface area (Å²) >= 11 is 0. The van der Waals surface area contributed by atoms with Crippen LogP contribution in [0.1, 0.15) is 40.0 Å². The summed E-state index contributed by atoms with van der Waals surface area (Å²) in [5.41, 5.74) is 0. The van der Waals surface area contributed by atoms with Gasteiger partial charge in [-0.1, -0.05) is 27.2 Å². The molecule has 0 radical (unpaired) electrons. The van der Waals surface area contributed by atoms with E-state index in [0.29, 0.717) is 0 Å². The van der Waals surface area contributed by atoms with E-state index in [2.05, 4.69) is 31.0 Å². The largest absolute Gasteiger partial charge is 0.312 e. The van der Waals surface area contributed by atoms with Crippen LogP contribution in [0.25, 0.3) is 0 Å². The van der Waals surface area contributed by atoms with Gasteiger partial charge in [0.2, 0.25) is 0 Å². The molecule has 2 nitrogen and oxygen atoms in total. The van der Waals surface area contributed by atoms with Crippen molar-refractivity contribution < 1.29 is 0 Å². The van der Waals surface area contributed by atoms with Gasteiger partial charge in [0.25, 0.3) is 0 Å². The molecule has 0 aromatic heterocycles. The Kier molecular flexibility index (Phi) is 4.26. The van der Waals surface area contributed by atoms with Gasteiger partial charge in [0.15, 0.2) is 0 Å². The summed E-state index contributed by atoms with van der Waals surface area (Å²) in [7, 11) is 0. The third kappa shape index (κ3) is 2.78. The lowest BCUT2D eigenvalue weighted by Crippen LogP contribution is -2.41. The standard InChI is InChI=1S/C14H28N2/c1-4-16(9-11(2)3)10-14-13-7-5-6-12(13)8-15-14/h11-15H,4-10H2,1-3H3. The molecule has 16 heavy (non-hydrogen) atoms. The lowest BCUT2D eigenvalue weighted by molar-refractivity contribution is 0.214. The third-order valence-corrected chi connectivity index (χ3v) is 4.40. The average Bonchev–Trinajstić information content (AvgIpc) is 2.80. The maximum Gasteiger partial charge on any atom is 0.0226 e. The zero-order chi connectivity index (χ0) is 11.5. The molecular formula is C14H28N2. The van der Waals surface area contributed by atoms with Gasteiger partial charge < -0.3 is 10.2 Å². The highest BCUT2D eigenvalue weighted by Crippen LogP contribution is 2.37. The van der Waals surface area contributed by atoms with Crippen molar-refractivity contribution in [3.8, 4) is 0 Å². The van der Waals surface area contributed by atoms with E-state index in [4.69, 9.17) is 0 Å². The highest BCUT2D eigenvalue weighted by Gasteiger charge is 2.39. The summed E-state index contributed by atoms with van der Waals surface area (Å²) in [5, 5.41) is 3.75. The maximum absolute atomic E-state index is 3.75. The van der Waals surface area contributed by atoms with Crippen LogP contribution in [0, 0.1) is 17.8 Å². The summed E-state index contributed by atoms with van der Waals surface area (Å²) < 4.78 is 0. The first-order valence-corrected chi connectivity index (χ1v) is 7.16. The minimum Gasteiger partial charge on any atom is -0.312 e. The number of hydrogen-bond acceptors (Lipinski definition) is 2. The molecule has 0 aromatic carbocycles. The van der Waals surface area contributed by atoms with Crippen molar-refractivity contribution in [3.63, 3.8) is 0 Å². The molecule has 2 fully saturated rings. The van der Waals surface area contributed by atoms with Crippen LogP contribution in [-0.4, -0.2) is 37.1 Å². The molecule has 2 aliphatic rings. The highest BCUT2D eigenvalue weighted by atomic mass is 15.2. The Labute approximate surface area is 101 Å². The van der Waals surface area contributed by atoms with E-state index in [-0.39, 0.29) is 0 Å². The van der Waals surface area contributed by atoms with E-state index >= 15 is 0 Å². The van der Waals surface area contributed by atoms with Gasteiger partial charge in [-0.3, -0.25) is 0 Å². The van der Waals surface area contributed by atoms with Gasteiger partial charge >= 0.3 is 0 Å². The minimum atomic E-state index is 0.784. The average molecular weight is 224 g/mol. The van der Waals surface area contributed by atoms with Gasteiger partial charge in [0, 0.05) is 19.1 Å². The lowest BCUT2D eigenvalue weighted by Gasteiger charge is -2.28. The van der Waals surface area contributed by atoms with Gasteiger partial charge in [0.05, 0.1) is 0 Å². The third-order valence-electron chi connectivity index (χ3n) is 4.40. The first kappa shape index (κ1) is 12.4. The van der Waals surface area contributed by atoms with E-state index in [9.17, 15) is 0 Å². The van der Waals surface area contributed by atoms with Crippen LogP contribution in [0.4, 0.5) is 0 Å². The molecular weight excluding hydrogens is 196 g/mol. The summed E-state index contributed by atoms with van der Waals surface area (Å²) in [6.07, 6.45) is 4.43. The quantitative estimate of drug-likeness (QED) is 0.771. The smallest absolute Gasteiger partial charge is 0.0226 e. The van der Waals surface area contributed by atoms with E-state index in [1.165, 1.54) is 45.4 Å². The number of rotatable bonds is 5. The molecule has 2 heteroatoms. The van der Waals surface area contributed by atoms with Crippen molar-refractivity contribution >= 4 is 0 Å². The number of nitrogens with zero attached hydrogens (tertiary/aromatic N) is 1. The molecule has 3 unspecified atom stereocenters. The number of likely N-dealkylation sites (N-methyl/N-ethyl adjacent to an activating group) is 1.